The van der Waals surface area contributed by atoms with Gasteiger partial charge < -0.3 is 15.3 Å². The number of hydrogen-bond donors (Lipinski definition) is 2. The number of fused-ring (bicyclic) bond motifs is 1. The summed E-state index contributed by atoms with van der Waals surface area (Å²) in [6, 6.07) is 1.33. The van der Waals surface area contributed by atoms with Crippen LogP contribution in [-0.4, -0.2) is 41.2 Å². The lowest BCUT2D eigenvalue weighted by Crippen LogP contribution is -2.50. The van der Waals surface area contributed by atoms with Gasteiger partial charge in [0.15, 0.2) is 11.6 Å². The Bertz CT molecular complexity index is 975. The summed E-state index contributed by atoms with van der Waals surface area (Å²) in [6.45, 7) is 3.43. The number of aromatic carboxylic acids is 1. The minimum absolute atomic E-state index is 0. The van der Waals surface area contributed by atoms with Crippen LogP contribution < -0.4 is 15.8 Å². The van der Waals surface area contributed by atoms with E-state index in [9.17, 15) is 19.1 Å². The van der Waals surface area contributed by atoms with Gasteiger partial charge in [-0.1, -0.05) is 0 Å². The van der Waals surface area contributed by atoms with Gasteiger partial charge in [-0.15, -0.1) is 12.4 Å². The van der Waals surface area contributed by atoms with Crippen molar-refractivity contribution in [3.8, 4) is 0 Å². The van der Waals surface area contributed by atoms with Gasteiger partial charge in [0.1, 0.15) is 11.3 Å². The highest BCUT2D eigenvalue weighted by atomic mass is 35.5. The Balaban J connectivity index is 0.00000210. The number of aromatic nitrogens is 1. The SMILES string of the molecule is CC1CN(c2c(F)cn3c(=O)c(C(=O)O)cc(C4CC4)c3c2F)CCN1.Cl. The first-order valence-electron chi connectivity index (χ1n) is 8.67. The zero-order valence-electron chi connectivity index (χ0n) is 14.7. The van der Waals surface area contributed by atoms with Gasteiger partial charge in [-0.25, -0.2) is 13.6 Å². The fraction of sp³-hybridized carbons (Fsp3) is 0.444. The molecule has 9 heteroatoms. The summed E-state index contributed by atoms with van der Waals surface area (Å²) < 4.78 is 31.0. The van der Waals surface area contributed by atoms with Gasteiger partial charge in [0.2, 0.25) is 0 Å². The van der Waals surface area contributed by atoms with Gasteiger partial charge in [-0.05, 0) is 37.3 Å². The summed E-state index contributed by atoms with van der Waals surface area (Å²) in [5.74, 6) is -3.06. The molecule has 1 unspecified atom stereocenters. The molecule has 4 rings (SSSR count). The molecule has 1 atom stereocenters. The highest BCUT2D eigenvalue weighted by Crippen LogP contribution is 2.43. The molecule has 2 aromatic rings. The molecule has 0 aromatic carbocycles. The maximum absolute atomic E-state index is 15.4. The topological polar surface area (TPSA) is 74.0 Å². The van der Waals surface area contributed by atoms with E-state index >= 15 is 4.39 Å². The van der Waals surface area contributed by atoms with Crippen LogP contribution in [0.1, 0.15) is 41.6 Å². The molecular weight excluding hydrogens is 380 g/mol. The third-order valence-electron chi connectivity index (χ3n) is 5.08. The van der Waals surface area contributed by atoms with Crippen LogP contribution in [-0.2, 0) is 0 Å². The first-order valence-corrected chi connectivity index (χ1v) is 8.67. The second kappa shape index (κ2) is 7.09. The molecule has 2 aromatic heterocycles. The lowest BCUT2D eigenvalue weighted by molar-refractivity contribution is 0.0694. The standard InChI is InChI=1S/C18H19F2N3O3.ClH/c1-9-7-22(5-4-21-9)16-13(19)8-23-15(14(16)20)11(10-2-3-10)6-12(17(23)24)18(25)26;/h6,8-10,21H,2-5,7H2,1H3,(H,25,26);1H. The van der Waals surface area contributed by atoms with Crippen molar-refractivity contribution in [2.45, 2.75) is 31.7 Å². The number of carboxylic acids is 1. The molecule has 0 amide bonds. The molecule has 0 spiro atoms. The monoisotopic (exact) mass is 399 g/mol. The van der Waals surface area contributed by atoms with Crippen LogP contribution in [0.25, 0.3) is 5.52 Å². The Morgan fingerprint density at radius 3 is 2.63 bits per heavy atom. The van der Waals surface area contributed by atoms with Crippen molar-refractivity contribution in [3.05, 3.63) is 45.4 Å². The summed E-state index contributed by atoms with van der Waals surface area (Å²) in [5, 5.41) is 12.5. The van der Waals surface area contributed by atoms with Crippen LogP contribution in [0.5, 0.6) is 0 Å². The molecule has 1 aliphatic heterocycles. The van der Waals surface area contributed by atoms with Gasteiger partial charge in [-0.3, -0.25) is 9.20 Å². The van der Waals surface area contributed by atoms with E-state index in [0.717, 1.165) is 23.4 Å². The van der Waals surface area contributed by atoms with E-state index in [1.807, 2.05) is 6.92 Å². The predicted octanol–water partition coefficient (Wildman–Crippen LogP) is 2.37. The van der Waals surface area contributed by atoms with E-state index in [2.05, 4.69) is 5.32 Å². The van der Waals surface area contributed by atoms with Gasteiger partial charge in [0.25, 0.3) is 5.56 Å². The molecule has 1 saturated carbocycles. The zero-order valence-corrected chi connectivity index (χ0v) is 15.5. The number of carboxylic acid groups (broad SMARTS) is 1. The summed E-state index contributed by atoms with van der Waals surface area (Å²) in [4.78, 5) is 25.4. The molecule has 6 nitrogen and oxygen atoms in total. The van der Waals surface area contributed by atoms with E-state index in [1.54, 1.807) is 4.90 Å². The lowest BCUT2D eigenvalue weighted by Gasteiger charge is -2.34. The summed E-state index contributed by atoms with van der Waals surface area (Å²) in [5.41, 5.74) is -1.08. The predicted molar refractivity (Wildman–Crippen MR) is 99.4 cm³/mol. The maximum atomic E-state index is 15.4. The molecule has 3 heterocycles. The number of pyridine rings is 2. The van der Waals surface area contributed by atoms with E-state index in [4.69, 9.17) is 0 Å². The zero-order chi connectivity index (χ0) is 18.6. The Kier molecular flexibility index (Phi) is 5.14. The lowest BCUT2D eigenvalue weighted by atomic mass is 10.0. The normalized spacial score (nSPS) is 19.8. The fourth-order valence-electron chi connectivity index (χ4n) is 3.69. The Morgan fingerprint density at radius 1 is 1.33 bits per heavy atom. The molecule has 0 bridgehead atoms. The Morgan fingerprint density at radius 2 is 2.04 bits per heavy atom. The molecule has 2 fully saturated rings. The van der Waals surface area contributed by atoms with Gasteiger partial charge >= 0.3 is 5.97 Å². The number of nitrogens with zero attached hydrogens (tertiary/aromatic N) is 2. The quantitative estimate of drug-likeness (QED) is 0.829. The van der Waals surface area contributed by atoms with Crippen molar-refractivity contribution in [2.75, 3.05) is 24.5 Å². The highest BCUT2D eigenvalue weighted by molar-refractivity contribution is 5.88. The van der Waals surface area contributed by atoms with Crippen molar-refractivity contribution in [1.82, 2.24) is 9.72 Å². The average molecular weight is 400 g/mol. The number of rotatable bonds is 3. The van der Waals surface area contributed by atoms with Crippen LogP contribution in [0.15, 0.2) is 17.1 Å². The maximum Gasteiger partial charge on any atom is 0.341 e. The largest absolute Gasteiger partial charge is 0.477 e. The fourth-order valence-corrected chi connectivity index (χ4v) is 3.69. The molecule has 2 N–H and O–H groups in total. The Hall–Kier alpha value is -2.19. The van der Waals surface area contributed by atoms with Crippen LogP contribution >= 0.6 is 12.4 Å². The molecule has 0 radical (unpaired) electrons. The average Bonchev–Trinajstić information content (AvgIpc) is 3.40. The smallest absolute Gasteiger partial charge is 0.341 e. The Labute approximate surface area is 160 Å². The van der Waals surface area contributed by atoms with Crippen molar-refractivity contribution < 1.29 is 18.7 Å². The van der Waals surface area contributed by atoms with Crippen LogP contribution in [0.4, 0.5) is 14.5 Å². The number of hydrogen-bond acceptors (Lipinski definition) is 4. The summed E-state index contributed by atoms with van der Waals surface area (Å²) in [7, 11) is 0. The molecule has 1 aliphatic carbocycles. The van der Waals surface area contributed by atoms with E-state index in [-0.39, 0.29) is 35.6 Å². The number of piperazine rings is 1. The molecule has 146 valence electrons. The second-order valence-electron chi connectivity index (χ2n) is 7.06. The number of halogens is 3. The number of anilines is 1. The van der Waals surface area contributed by atoms with E-state index in [1.165, 1.54) is 6.07 Å². The highest BCUT2D eigenvalue weighted by Gasteiger charge is 2.32. The molecule has 27 heavy (non-hydrogen) atoms. The first kappa shape index (κ1) is 19.6. The minimum Gasteiger partial charge on any atom is -0.477 e. The molecular formula is C18H20ClF2N3O3. The van der Waals surface area contributed by atoms with Gasteiger partial charge in [-0.2, -0.15) is 0 Å². The van der Waals surface area contributed by atoms with Crippen molar-refractivity contribution in [2.24, 2.45) is 0 Å². The molecule has 1 saturated heterocycles. The third kappa shape index (κ3) is 3.27. The second-order valence-corrected chi connectivity index (χ2v) is 7.06. The first-order chi connectivity index (χ1) is 12.4. The van der Waals surface area contributed by atoms with Crippen molar-refractivity contribution >= 4 is 29.6 Å². The van der Waals surface area contributed by atoms with E-state index in [0.29, 0.717) is 25.2 Å². The van der Waals surface area contributed by atoms with Crippen molar-refractivity contribution in [3.63, 3.8) is 0 Å². The summed E-state index contributed by atoms with van der Waals surface area (Å²) in [6.07, 6.45) is 2.51. The minimum atomic E-state index is -1.40. The van der Waals surface area contributed by atoms with Crippen LogP contribution in [0.2, 0.25) is 0 Å². The van der Waals surface area contributed by atoms with Gasteiger partial charge in [0, 0.05) is 25.7 Å². The van der Waals surface area contributed by atoms with Crippen molar-refractivity contribution in [1.29, 1.82) is 0 Å². The van der Waals surface area contributed by atoms with Gasteiger partial charge in [0.05, 0.1) is 11.7 Å². The van der Waals surface area contributed by atoms with E-state index < -0.39 is 28.7 Å². The molecule has 2 aliphatic rings. The summed E-state index contributed by atoms with van der Waals surface area (Å²) >= 11 is 0. The third-order valence-corrected chi connectivity index (χ3v) is 5.08. The number of nitrogens with one attached hydrogen (secondary N) is 1. The number of carbonyl (C=O) groups is 1. The van der Waals surface area contributed by atoms with Crippen LogP contribution in [0, 0.1) is 11.6 Å². The van der Waals surface area contributed by atoms with Crippen LogP contribution in [0.3, 0.4) is 0 Å².